The second-order valence-electron chi connectivity index (χ2n) is 6.75. The highest BCUT2D eigenvalue weighted by Gasteiger charge is 2.17. The van der Waals surface area contributed by atoms with Crippen LogP contribution in [0.15, 0.2) is 36.5 Å². The smallest absolute Gasteiger partial charge is 0.355 e. The summed E-state index contributed by atoms with van der Waals surface area (Å²) in [7, 11) is 1.75. The van der Waals surface area contributed by atoms with Crippen LogP contribution in [0.5, 0.6) is 0 Å². The second-order valence-corrected chi connectivity index (χ2v) is 6.75. The van der Waals surface area contributed by atoms with Crippen molar-refractivity contribution in [2.24, 2.45) is 7.05 Å². The number of hydrogen-bond acceptors (Lipinski definition) is 3. The predicted molar refractivity (Wildman–Crippen MR) is 98.9 cm³/mol. The fraction of sp³-hybridized carbons (Fsp3) is 0.400. The maximum atomic E-state index is 12.3. The van der Waals surface area contributed by atoms with Crippen LogP contribution in [-0.2, 0) is 16.6 Å². The van der Waals surface area contributed by atoms with Gasteiger partial charge in [-0.3, -0.25) is 4.79 Å². The van der Waals surface area contributed by atoms with Gasteiger partial charge in [-0.25, -0.2) is 4.79 Å². The highest BCUT2D eigenvalue weighted by atomic mass is 16.5. The third-order valence-electron chi connectivity index (χ3n) is 4.12. The van der Waals surface area contributed by atoms with Crippen LogP contribution in [0.2, 0.25) is 0 Å². The molecule has 1 heterocycles. The van der Waals surface area contributed by atoms with Gasteiger partial charge in [-0.2, -0.15) is 0 Å². The van der Waals surface area contributed by atoms with Gasteiger partial charge in [0.2, 0.25) is 0 Å². The predicted octanol–water partition coefficient (Wildman–Crippen LogP) is 4.07. The van der Waals surface area contributed by atoms with Crippen LogP contribution in [-0.4, -0.2) is 23.1 Å². The van der Waals surface area contributed by atoms with E-state index >= 15 is 0 Å². The molecule has 5 heteroatoms. The third-order valence-corrected chi connectivity index (χ3v) is 4.12. The molecule has 0 aliphatic heterocycles. The average molecular weight is 342 g/mol. The van der Waals surface area contributed by atoms with Crippen LogP contribution in [0.4, 0.5) is 5.69 Å². The number of esters is 1. The monoisotopic (exact) mass is 342 g/mol. The molecular formula is C20H26N2O3. The van der Waals surface area contributed by atoms with Crippen molar-refractivity contribution in [3.63, 3.8) is 0 Å². The summed E-state index contributed by atoms with van der Waals surface area (Å²) in [5.74, 6) is -0.290. The third kappa shape index (κ3) is 4.50. The zero-order chi connectivity index (χ0) is 18.6. The topological polar surface area (TPSA) is 60.3 Å². The first kappa shape index (κ1) is 18.8. The molecule has 5 nitrogen and oxygen atoms in total. The molecular weight excluding hydrogens is 316 g/mol. The highest BCUT2D eigenvalue weighted by Crippen LogP contribution is 2.32. The van der Waals surface area contributed by atoms with Gasteiger partial charge in [0.05, 0.1) is 0 Å². The molecule has 0 aliphatic carbocycles. The number of nitrogens with one attached hydrogen (secondary N) is 1. The van der Waals surface area contributed by atoms with E-state index in [-0.39, 0.29) is 24.3 Å². The fourth-order valence-corrected chi connectivity index (χ4v) is 2.75. The van der Waals surface area contributed by atoms with Gasteiger partial charge in [0.15, 0.2) is 6.61 Å². The van der Waals surface area contributed by atoms with E-state index in [0.29, 0.717) is 5.69 Å². The molecule has 0 saturated carbocycles. The number of rotatable bonds is 6. The SMILES string of the molecule is CC(C)c1cccc(C(C)C)c1NC(=O)COC(=O)c1cccn1C. The van der Waals surface area contributed by atoms with Crippen molar-refractivity contribution in [2.75, 3.05) is 11.9 Å². The molecule has 2 rings (SSSR count). The fourth-order valence-electron chi connectivity index (χ4n) is 2.75. The van der Waals surface area contributed by atoms with Gasteiger partial charge in [-0.1, -0.05) is 45.9 Å². The lowest BCUT2D eigenvalue weighted by molar-refractivity contribution is -0.119. The maximum Gasteiger partial charge on any atom is 0.355 e. The zero-order valence-electron chi connectivity index (χ0n) is 15.5. The Morgan fingerprint density at radius 3 is 2.12 bits per heavy atom. The van der Waals surface area contributed by atoms with Crippen LogP contribution in [0.25, 0.3) is 0 Å². The largest absolute Gasteiger partial charge is 0.451 e. The van der Waals surface area contributed by atoms with Crippen molar-refractivity contribution in [3.05, 3.63) is 53.3 Å². The van der Waals surface area contributed by atoms with E-state index in [1.54, 1.807) is 29.9 Å². The number of aryl methyl sites for hydroxylation is 1. The van der Waals surface area contributed by atoms with E-state index in [4.69, 9.17) is 4.74 Å². The molecule has 0 aliphatic rings. The van der Waals surface area contributed by atoms with Crippen LogP contribution < -0.4 is 5.32 Å². The standard InChI is InChI=1S/C20H26N2O3/c1-13(2)15-8-6-9-16(14(3)4)19(15)21-18(23)12-25-20(24)17-10-7-11-22(17)5/h6-11,13-14H,12H2,1-5H3,(H,21,23). The van der Waals surface area contributed by atoms with Crippen molar-refractivity contribution in [3.8, 4) is 0 Å². The number of ether oxygens (including phenoxy) is 1. The van der Waals surface area contributed by atoms with Gasteiger partial charge in [0.25, 0.3) is 5.91 Å². The molecule has 1 N–H and O–H groups in total. The average Bonchev–Trinajstić information content (AvgIpc) is 2.98. The number of amides is 1. The Kier molecular flexibility index (Phi) is 6.02. The van der Waals surface area contributed by atoms with Crippen LogP contribution >= 0.6 is 0 Å². The van der Waals surface area contributed by atoms with Gasteiger partial charge in [-0.05, 0) is 35.1 Å². The normalized spacial score (nSPS) is 11.0. The molecule has 0 fully saturated rings. The summed E-state index contributed by atoms with van der Waals surface area (Å²) in [6.45, 7) is 8.04. The molecule has 1 aromatic heterocycles. The lowest BCUT2D eigenvalue weighted by Gasteiger charge is -2.20. The summed E-state index contributed by atoms with van der Waals surface area (Å²) in [6.07, 6.45) is 1.75. The summed E-state index contributed by atoms with van der Waals surface area (Å²) in [5.41, 5.74) is 3.40. The maximum absolute atomic E-state index is 12.3. The summed E-state index contributed by atoms with van der Waals surface area (Å²) >= 11 is 0. The Bertz CT molecular complexity index is 734. The number of nitrogens with zero attached hydrogens (tertiary/aromatic N) is 1. The minimum atomic E-state index is -0.510. The number of benzene rings is 1. The molecule has 25 heavy (non-hydrogen) atoms. The van der Waals surface area contributed by atoms with Crippen LogP contribution in [0.3, 0.4) is 0 Å². The number of aromatic nitrogens is 1. The molecule has 0 spiro atoms. The molecule has 0 bridgehead atoms. The van der Waals surface area contributed by atoms with Gasteiger partial charge in [0, 0.05) is 18.9 Å². The lowest BCUT2D eigenvalue weighted by Crippen LogP contribution is -2.23. The van der Waals surface area contributed by atoms with Crippen LogP contribution in [0.1, 0.15) is 61.1 Å². The van der Waals surface area contributed by atoms with Crippen molar-refractivity contribution in [1.82, 2.24) is 4.57 Å². The minimum Gasteiger partial charge on any atom is -0.451 e. The Morgan fingerprint density at radius 1 is 1.04 bits per heavy atom. The summed E-state index contributed by atoms with van der Waals surface area (Å²) < 4.78 is 6.79. The first-order valence-corrected chi connectivity index (χ1v) is 8.52. The van der Waals surface area contributed by atoms with E-state index in [1.807, 2.05) is 18.2 Å². The van der Waals surface area contributed by atoms with E-state index in [1.165, 1.54) is 0 Å². The first-order valence-electron chi connectivity index (χ1n) is 8.52. The molecule has 0 unspecified atom stereocenters. The molecule has 2 aromatic rings. The quantitative estimate of drug-likeness (QED) is 0.805. The second kappa shape index (κ2) is 8.01. The van der Waals surface area contributed by atoms with E-state index in [9.17, 15) is 9.59 Å². The molecule has 1 aromatic carbocycles. The van der Waals surface area contributed by atoms with E-state index in [0.717, 1.165) is 16.8 Å². The molecule has 0 radical (unpaired) electrons. The van der Waals surface area contributed by atoms with Crippen molar-refractivity contribution >= 4 is 17.6 Å². The number of carbonyl (C=O) groups is 2. The summed E-state index contributed by atoms with van der Waals surface area (Å²) in [6, 6.07) is 9.45. The Hall–Kier alpha value is -2.56. The summed E-state index contributed by atoms with van der Waals surface area (Å²) in [4.78, 5) is 24.3. The number of hydrogen-bond donors (Lipinski definition) is 1. The molecule has 0 saturated heterocycles. The van der Waals surface area contributed by atoms with Gasteiger partial charge < -0.3 is 14.6 Å². The van der Waals surface area contributed by atoms with Gasteiger partial charge in [-0.15, -0.1) is 0 Å². The van der Waals surface area contributed by atoms with Crippen LogP contribution in [0, 0.1) is 0 Å². The molecule has 1 amide bonds. The van der Waals surface area contributed by atoms with E-state index < -0.39 is 5.97 Å². The molecule has 0 atom stereocenters. The Balaban J connectivity index is 2.10. The Labute approximate surface area is 149 Å². The molecule has 134 valence electrons. The number of para-hydroxylation sites is 1. The van der Waals surface area contributed by atoms with Gasteiger partial charge >= 0.3 is 5.97 Å². The van der Waals surface area contributed by atoms with Crippen molar-refractivity contribution in [2.45, 2.75) is 39.5 Å². The van der Waals surface area contributed by atoms with Crippen molar-refractivity contribution < 1.29 is 14.3 Å². The zero-order valence-corrected chi connectivity index (χ0v) is 15.5. The minimum absolute atomic E-state index is 0.278. The van der Waals surface area contributed by atoms with Crippen molar-refractivity contribution in [1.29, 1.82) is 0 Å². The first-order chi connectivity index (χ1) is 11.8. The lowest BCUT2D eigenvalue weighted by atomic mass is 9.92. The van der Waals surface area contributed by atoms with E-state index in [2.05, 4.69) is 33.0 Å². The Morgan fingerprint density at radius 2 is 1.64 bits per heavy atom. The number of carbonyl (C=O) groups excluding carboxylic acids is 2. The summed E-state index contributed by atoms with van der Waals surface area (Å²) in [5, 5.41) is 2.93. The number of anilines is 1. The highest BCUT2D eigenvalue weighted by molar-refractivity contribution is 5.96. The van der Waals surface area contributed by atoms with Gasteiger partial charge in [0.1, 0.15) is 5.69 Å².